The third-order valence-electron chi connectivity index (χ3n) is 4.69. The smallest absolute Gasteiger partial charge is 0.145 e. The molecular formula is C20H21ClN4O2. The van der Waals surface area contributed by atoms with Crippen LogP contribution in [0, 0.1) is 0 Å². The molecule has 0 amide bonds. The zero-order valence-electron chi connectivity index (χ0n) is 14.8. The minimum absolute atomic E-state index is 0.0405. The van der Waals surface area contributed by atoms with Crippen molar-refractivity contribution in [3.63, 3.8) is 0 Å². The van der Waals surface area contributed by atoms with Crippen LogP contribution in [0.5, 0.6) is 11.5 Å². The first-order chi connectivity index (χ1) is 13.2. The molecule has 1 aromatic heterocycles. The van der Waals surface area contributed by atoms with E-state index >= 15 is 0 Å². The van der Waals surface area contributed by atoms with Gasteiger partial charge in [-0.3, -0.25) is 0 Å². The molecule has 7 heteroatoms. The molecule has 1 aliphatic rings. The number of aromatic nitrogens is 2. The Morgan fingerprint density at radius 2 is 2.15 bits per heavy atom. The number of benzene rings is 2. The SMILES string of the molecule is Oc1ccc(Nc2ncnc3cccc(OCC4CCCCN4)c23)cc1Cl. The number of nitrogens with one attached hydrogen (secondary N) is 2. The third-order valence-corrected chi connectivity index (χ3v) is 4.99. The molecule has 1 aliphatic heterocycles. The molecule has 1 saturated heterocycles. The lowest BCUT2D eigenvalue weighted by atomic mass is 10.1. The lowest BCUT2D eigenvalue weighted by molar-refractivity contribution is 0.241. The highest BCUT2D eigenvalue weighted by Gasteiger charge is 2.15. The maximum Gasteiger partial charge on any atom is 0.145 e. The number of hydrogen-bond acceptors (Lipinski definition) is 6. The minimum Gasteiger partial charge on any atom is -0.506 e. The number of rotatable bonds is 5. The standard InChI is InChI=1S/C20H21ClN4O2/c21-15-10-13(7-8-17(15)26)25-20-19-16(23-12-24-20)5-3-6-18(19)27-11-14-4-1-2-9-22-14/h3,5-8,10,12,14,22,26H,1-2,4,9,11H2,(H,23,24,25). The summed E-state index contributed by atoms with van der Waals surface area (Å²) in [5, 5.41) is 17.4. The van der Waals surface area contributed by atoms with Crippen LogP contribution < -0.4 is 15.4 Å². The molecule has 3 N–H and O–H groups in total. The molecule has 1 atom stereocenters. The second-order valence-corrected chi connectivity index (χ2v) is 7.03. The van der Waals surface area contributed by atoms with E-state index < -0.39 is 0 Å². The van der Waals surface area contributed by atoms with Crippen LogP contribution in [-0.2, 0) is 0 Å². The highest BCUT2D eigenvalue weighted by molar-refractivity contribution is 6.32. The first-order valence-corrected chi connectivity index (χ1v) is 9.44. The number of nitrogens with zero attached hydrogens (tertiary/aromatic N) is 2. The van der Waals surface area contributed by atoms with Gasteiger partial charge in [-0.15, -0.1) is 0 Å². The Labute approximate surface area is 162 Å². The van der Waals surface area contributed by atoms with Gasteiger partial charge in [0.25, 0.3) is 0 Å². The van der Waals surface area contributed by atoms with Crippen LogP contribution in [0.25, 0.3) is 10.9 Å². The number of ether oxygens (including phenoxy) is 1. The number of piperidine rings is 1. The van der Waals surface area contributed by atoms with Gasteiger partial charge in [-0.1, -0.05) is 24.1 Å². The second kappa shape index (κ2) is 7.98. The molecule has 0 spiro atoms. The lowest BCUT2D eigenvalue weighted by Crippen LogP contribution is -2.38. The molecule has 0 saturated carbocycles. The fourth-order valence-corrected chi connectivity index (χ4v) is 3.45. The summed E-state index contributed by atoms with van der Waals surface area (Å²) in [5.41, 5.74) is 1.52. The van der Waals surface area contributed by atoms with E-state index in [-0.39, 0.29) is 10.8 Å². The van der Waals surface area contributed by atoms with Crippen molar-refractivity contribution in [1.29, 1.82) is 0 Å². The zero-order valence-corrected chi connectivity index (χ0v) is 15.5. The number of hydrogen-bond donors (Lipinski definition) is 3. The van der Waals surface area contributed by atoms with E-state index in [2.05, 4.69) is 20.6 Å². The van der Waals surface area contributed by atoms with Crippen LogP contribution in [0.15, 0.2) is 42.7 Å². The van der Waals surface area contributed by atoms with Crippen LogP contribution in [-0.4, -0.2) is 34.3 Å². The van der Waals surface area contributed by atoms with Gasteiger partial charge < -0.3 is 20.5 Å². The zero-order chi connectivity index (χ0) is 18.6. The maximum absolute atomic E-state index is 9.61. The van der Waals surface area contributed by atoms with Crippen LogP contribution in [0.3, 0.4) is 0 Å². The molecule has 140 valence electrons. The van der Waals surface area contributed by atoms with Gasteiger partial charge in [0.1, 0.15) is 30.3 Å². The summed E-state index contributed by atoms with van der Waals surface area (Å²) in [6.07, 6.45) is 5.09. The highest BCUT2D eigenvalue weighted by Crippen LogP contribution is 2.33. The molecule has 1 fully saturated rings. The molecule has 1 unspecified atom stereocenters. The first kappa shape index (κ1) is 17.8. The van der Waals surface area contributed by atoms with Gasteiger partial charge in [-0.05, 0) is 49.7 Å². The predicted octanol–water partition coefficient (Wildman–Crippen LogP) is 4.25. The van der Waals surface area contributed by atoms with Crippen LogP contribution in [0.2, 0.25) is 5.02 Å². The third kappa shape index (κ3) is 4.07. The largest absolute Gasteiger partial charge is 0.506 e. The van der Waals surface area contributed by atoms with Crippen molar-refractivity contribution in [2.45, 2.75) is 25.3 Å². The fraction of sp³-hybridized carbons (Fsp3) is 0.300. The Bertz CT molecular complexity index is 939. The topological polar surface area (TPSA) is 79.3 Å². The second-order valence-electron chi connectivity index (χ2n) is 6.62. The minimum atomic E-state index is 0.0405. The number of phenolic OH excluding ortho intramolecular Hbond substituents is 1. The number of aromatic hydroxyl groups is 1. The fourth-order valence-electron chi connectivity index (χ4n) is 3.27. The summed E-state index contributed by atoms with van der Waals surface area (Å²) < 4.78 is 6.13. The quantitative estimate of drug-likeness (QED) is 0.570. The van der Waals surface area contributed by atoms with Gasteiger partial charge in [0, 0.05) is 11.7 Å². The summed E-state index contributed by atoms with van der Waals surface area (Å²) in [6.45, 7) is 1.65. The number of phenols is 1. The molecule has 2 heterocycles. The van der Waals surface area contributed by atoms with Gasteiger partial charge >= 0.3 is 0 Å². The Balaban J connectivity index is 1.63. The van der Waals surface area contributed by atoms with Gasteiger partial charge in [-0.25, -0.2) is 9.97 Å². The molecule has 27 heavy (non-hydrogen) atoms. The van der Waals surface area contributed by atoms with E-state index in [0.29, 0.717) is 18.5 Å². The summed E-state index contributed by atoms with van der Waals surface area (Å²) in [7, 11) is 0. The van der Waals surface area contributed by atoms with E-state index in [9.17, 15) is 5.11 Å². The van der Waals surface area contributed by atoms with E-state index in [1.54, 1.807) is 18.2 Å². The van der Waals surface area contributed by atoms with Crippen molar-refractivity contribution in [2.24, 2.45) is 0 Å². The summed E-state index contributed by atoms with van der Waals surface area (Å²) >= 11 is 6.01. The molecule has 0 aliphatic carbocycles. The van der Waals surface area contributed by atoms with Crippen molar-refractivity contribution in [1.82, 2.24) is 15.3 Å². The van der Waals surface area contributed by atoms with E-state index in [0.717, 1.165) is 35.3 Å². The average Bonchev–Trinajstić information content (AvgIpc) is 2.70. The normalized spacial score (nSPS) is 17.0. The molecule has 6 nitrogen and oxygen atoms in total. The van der Waals surface area contributed by atoms with E-state index in [1.807, 2.05) is 18.2 Å². The van der Waals surface area contributed by atoms with Gasteiger partial charge in [0.2, 0.25) is 0 Å². The maximum atomic E-state index is 9.61. The van der Waals surface area contributed by atoms with Crippen molar-refractivity contribution >= 4 is 34.0 Å². The highest BCUT2D eigenvalue weighted by atomic mass is 35.5. The Morgan fingerprint density at radius 3 is 2.96 bits per heavy atom. The molecule has 4 rings (SSSR count). The molecule has 2 aromatic carbocycles. The molecular weight excluding hydrogens is 364 g/mol. The average molecular weight is 385 g/mol. The molecule has 3 aromatic rings. The summed E-state index contributed by atoms with van der Waals surface area (Å²) in [4.78, 5) is 8.74. The van der Waals surface area contributed by atoms with Crippen LogP contribution in [0.1, 0.15) is 19.3 Å². The molecule has 0 bridgehead atoms. The summed E-state index contributed by atoms with van der Waals surface area (Å²) in [5.74, 6) is 1.42. The van der Waals surface area contributed by atoms with E-state index in [4.69, 9.17) is 16.3 Å². The van der Waals surface area contributed by atoms with Crippen molar-refractivity contribution in [3.05, 3.63) is 47.7 Å². The van der Waals surface area contributed by atoms with E-state index in [1.165, 1.54) is 19.2 Å². The first-order valence-electron chi connectivity index (χ1n) is 9.06. The van der Waals surface area contributed by atoms with Crippen molar-refractivity contribution in [3.8, 4) is 11.5 Å². The monoisotopic (exact) mass is 384 g/mol. The van der Waals surface area contributed by atoms with Gasteiger partial charge in [-0.2, -0.15) is 0 Å². The number of anilines is 2. The number of fused-ring (bicyclic) bond motifs is 1. The van der Waals surface area contributed by atoms with Crippen LogP contribution in [0.4, 0.5) is 11.5 Å². The number of halogens is 1. The molecule has 0 radical (unpaired) electrons. The Kier molecular flexibility index (Phi) is 5.27. The van der Waals surface area contributed by atoms with Crippen LogP contribution >= 0.6 is 11.6 Å². The van der Waals surface area contributed by atoms with Gasteiger partial charge in [0.15, 0.2) is 0 Å². The predicted molar refractivity (Wildman–Crippen MR) is 107 cm³/mol. The van der Waals surface area contributed by atoms with Crippen molar-refractivity contribution < 1.29 is 9.84 Å². The van der Waals surface area contributed by atoms with Crippen molar-refractivity contribution in [2.75, 3.05) is 18.5 Å². The Hall–Kier alpha value is -2.57. The lowest BCUT2D eigenvalue weighted by Gasteiger charge is -2.24. The Morgan fingerprint density at radius 1 is 1.22 bits per heavy atom. The summed E-state index contributed by atoms with van der Waals surface area (Å²) in [6, 6.07) is 11.1. The van der Waals surface area contributed by atoms with Gasteiger partial charge in [0.05, 0.1) is 15.9 Å².